The van der Waals surface area contributed by atoms with Crippen molar-refractivity contribution < 1.29 is 18.7 Å². The van der Waals surface area contributed by atoms with Crippen molar-refractivity contribution in [1.82, 2.24) is 9.80 Å². The summed E-state index contributed by atoms with van der Waals surface area (Å²) in [5, 5.41) is 0. The maximum absolute atomic E-state index is 14.0. The first-order valence-corrected chi connectivity index (χ1v) is 11.9. The second-order valence-electron chi connectivity index (χ2n) is 9.51. The average Bonchev–Trinajstić information content (AvgIpc) is 3.07. The Kier molecular flexibility index (Phi) is 6.03. The van der Waals surface area contributed by atoms with E-state index in [2.05, 4.69) is 11.0 Å². The number of hydrogen-bond donors (Lipinski definition) is 0. The monoisotopic (exact) mass is 472 g/mol. The van der Waals surface area contributed by atoms with Crippen molar-refractivity contribution in [2.75, 3.05) is 33.3 Å². The molecule has 0 amide bonds. The third-order valence-electron chi connectivity index (χ3n) is 7.20. The topological polar surface area (TPSA) is 49.9 Å². The summed E-state index contributed by atoms with van der Waals surface area (Å²) in [6.07, 6.45) is 0. The highest BCUT2D eigenvalue weighted by molar-refractivity contribution is 6.32. The van der Waals surface area contributed by atoms with Crippen molar-refractivity contribution in [3.8, 4) is 5.75 Å². The predicted octanol–water partition coefficient (Wildman–Crippen LogP) is 4.54. The van der Waals surface area contributed by atoms with Gasteiger partial charge in [0.2, 0.25) is 0 Å². The quantitative estimate of drug-likeness (QED) is 0.510. The van der Waals surface area contributed by atoms with E-state index in [1.165, 1.54) is 12.1 Å². The van der Waals surface area contributed by atoms with Gasteiger partial charge in [-0.15, -0.1) is 0 Å². The maximum atomic E-state index is 14.0. The Labute approximate surface area is 205 Å². The zero-order valence-corrected chi connectivity index (χ0v) is 20.3. The van der Waals surface area contributed by atoms with Crippen LogP contribution in [0.4, 0.5) is 4.39 Å². The molecule has 0 bridgehead atoms. The highest BCUT2D eigenvalue weighted by Crippen LogP contribution is 2.43. The Bertz CT molecular complexity index is 1260. The number of hydrogen-bond acceptors (Lipinski definition) is 5. The number of ketones is 2. The summed E-state index contributed by atoms with van der Waals surface area (Å²) in [7, 11) is 1.58. The molecule has 2 aliphatic rings. The molecule has 5 nitrogen and oxygen atoms in total. The highest BCUT2D eigenvalue weighted by atomic mass is 19.1. The summed E-state index contributed by atoms with van der Waals surface area (Å²) in [6, 6.07) is 17.7. The minimum atomic E-state index is -1.36. The largest absolute Gasteiger partial charge is 0.496 e. The van der Waals surface area contributed by atoms with Crippen LogP contribution in [0.3, 0.4) is 0 Å². The summed E-state index contributed by atoms with van der Waals surface area (Å²) in [4.78, 5) is 32.3. The van der Waals surface area contributed by atoms with E-state index in [4.69, 9.17) is 4.74 Å². The van der Waals surface area contributed by atoms with Crippen LogP contribution in [-0.2, 0) is 12.1 Å². The van der Waals surface area contributed by atoms with Gasteiger partial charge >= 0.3 is 0 Å². The lowest BCUT2D eigenvalue weighted by Gasteiger charge is -2.44. The van der Waals surface area contributed by atoms with Crippen molar-refractivity contribution in [2.24, 2.45) is 0 Å². The summed E-state index contributed by atoms with van der Waals surface area (Å²) in [6.45, 7) is 6.88. The first-order chi connectivity index (χ1) is 16.8. The van der Waals surface area contributed by atoms with Crippen LogP contribution < -0.4 is 4.74 Å². The molecular formula is C29H29FN2O3. The molecule has 1 heterocycles. The highest BCUT2D eigenvalue weighted by Gasteiger charge is 2.58. The second kappa shape index (κ2) is 9.02. The van der Waals surface area contributed by atoms with Crippen LogP contribution in [0, 0.1) is 19.7 Å². The number of nitrogens with zero attached hydrogens (tertiary/aromatic N) is 2. The molecule has 0 radical (unpaired) electrons. The molecule has 0 unspecified atom stereocenters. The number of rotatable bonds is 5. The number of benzene rings is 3. The zero-order valence-electron chi connectivity index (χ0n) is 20.3. The Balaban J connectivity index is 1.48. The third kappa shape index (κ3) is 3.87. The number of methoxy groups -OCH3 is 1. The Hall–Kier alpha value is -3.35. The molecular weight excluding hydrogens is 443 g/mol. The van der Waals surface area contributed by atoms with Crippen molar-refractivity contribution in [1.29, 1.82) is 0 Å². The molecule has 0 aromatic heterocycles. The molecule has 0 saturated carbocycles. The molecule has 1 aliphatic heterocycles. The first kappa shape index (κ1) is 23.4. The lowest BCUT2D eigenvalue weighted by Crippen LogP contribution is -2.60. The molecule has 180 valence electrons. The lowest BCUT2D eigenvalue weighted by atomic mass is 9.81. The van der Waals surface area contributed by atoms with Gasteiger partial charge in [0.05, 0.1) is 7.11 Å². The summed E-state index contributed by atoms with van der Waals surface area (Å²) in [5.41, 5.74) is 3.18. The van der Waals surface area contributed by atoms with Crippen molar-refractivity contribution in [2.45, 2.75) is 25.9 Å². The van der Waals surface area contributed by atoms with Crippen molar-refractivity contribution >= 4 is 11.6 Å². The van der Waals surface area contributed by atoms with E-state index in [1.807, 2.05) is 43.0 Å². The van der Waals surface area contributed by atoms with Crippen molar-refractivity contribution in [3.63, 3.8) is 0 Å². The van der Waals surface area contributed by atoms with Crippen molar-refractivity contribution in [3.05, 3.63) is 99.9 Å². The summed E-state index contributed by atoms with van der Waals surface area (Å²) < 4.78 is 19.3. The Morgan fingerprint density at radius 3 is 2.03 bits per heavy atom. The van der Waals surface area contributed by atoms with Gasteiger partial charge in [0.1, 0.15) is 11.6 Å². The SMILES string of the molecule is COc1ccc(F)cc1CN1CCN(C2(c3cc(C)cc(C)c3)C(=O)c3ccccc3C2=O)CC1. The smallest absolute Gasteiger partial charge is 0.196 e. The van der Waals surface area contributed by atoms with E-state index < -0.39 is 5.54 Å². The van der Waals surface area contributed by atoms with Gasteiger partial charge in [-0.1, -0.05) is 53.6 Å². The van der Waals surface area contributed by atoms with Gasteiger partial charge in [0, 0.05) is 49.4 Å². The summed E-state index contributed by atoms with van der Waals surface area (Å²) >= 11 is 0. The van der Waals surface area contributed by atoms with E-state index in [0.29, 0.717) is 49.6 Å². The standard InChI is InChI=1S/C29H29FN2O3/c1-19-14-20(2)16-22(15-19)29(27(33)24-6-4-5-7-25(24)28(29)34)32-12-10-31(11-13-32)18-21-17-23(30)8-9-26(21)35-3/h4-9,14-17H,10-13,18H2,1-3H3. The van der Waals surface area contributed by atoms with Gasteiger partial charge in [-0.2, -0.15) is 0 Å². The van der Waals surface area contributed by atoms with E-state index in [1.54, 1.807) is 25.3 Å². The number of halogens is 1. The van der Waals surface area contributed by atoms with Crippen LogP contribution in [0.25, 0.3) is 0 Å². The summed E-state index contributed by atoms with van der Waals surface area (Å²) in [5.74, 6) is 0.0527. The molecule has 0 N–H and O–H groups in total. The molecule has 3 aromatic rings. The van der Waals surface area contributed by atoms with E-state index in [-0.39, 0.29) is 17.4 Å². The molecule has 1 fully saturated rings. The van der Waals surface area contributed by atoms with Crippen LogP contribution in [-0.4, -0.2) is 54.7 Å². The maximum Gasteiger partial charge on any atom is 0.196 e. The fraction of sp³-hybridized carbons (Fsp3) is 0.310. The van der Waals surface area contributed by atoms with E-state index >= 15 is 0 Å². The number of Topliss-reactive ketones (excluding diaryl/α,β-unsaturated/α-hetero) is 2. The molecule has 1 saturated heterocycles. The van der Waals surface area contributed by atoms with E-state index in [9.17, 15) is 14.0 Å². The second-order valence-corrected chi connectivity index (χ2v) is 9.51. The normalized spacial score (nSPS) is 18.1. The number of piperazine rings is 1. The van der Waals surface area contributed by atoms with Gasteiger partial charge in [-0.25, -0.2) is 4.39 Å². The van der Waals surface area contributed by atoms with Gasteiger partial charge in [0.25, 0.3) is 0 Å². The average molecular weight is 473 g/mol. The van der Waals surface area contributed by atoms with Gasteiger partial charge in [0.15, 0.2) is 17.1 Å². The van der Waals surface area contributed by atoms with Crippen LogP contribution in [0.1, 0.15) is 43.0 Å². The predicted molar refractivity (Wildman–Crippen MR) is 132 cm³/mol. The number of carbonyl (C=O) groups excluding carboxylic acids is 2. The molecule has 0 spiro atoms. The molecule has 5 rings (SSSR count). The lowest BCUT2D eigenvalue weighted by molar-refractivity contribution is 0.0278. The number of aryl methyl sites for hydroxylation is 2. The molecule has 35 heavy (non-hydrogen) atoms. The third-order valence-corrected chi connectivity index (χ3v) is 7.20. The fourth-order valence-electron chi connectivity index (χ4n) is 5.64. The van der Waals surface area contributed by atoms with Gasteiger partial charge in [-0.05, 0) is 37.6 Å². The molecule has 6 heteroatoms. The minimum Gasteiger partial charge on any atom is -0.496 e. The van der Waals surface area contributed by atoms with E-state index in [0.717, 1.165) is 22.3 Å². The Morgan fingerprint density at radius 2 is 1.46 bits per heavy atom. The fourth-order valence-corrected chi connectivity index (χ4v) is 5.64. The van der Waals surface area contributed by atoms with Gasteiger partial charge in [-0.3, -0.25) is 19.4 Å². The Morgan fingerprint density at radius 1 is 0.857 bits per heavy atom. The number of fused-ring (bicyclic) bond motifs is 1. The first-order valence-electron chi connectivity index (χ1n) is 11.9. The molecule has 0 atom stereocenters. The molecule has 1 aliphatic carbocycles. The minimum absolute atomic E-state index is 0.150. The van der Waals surface area contributed by atoms with Crippen LogP contribution >= 0.6 is 0 Å². The zero-order chi connectivity index (χ0) is 24.7. The van der Waals surface area contributed by atoms with Crippen LogP contribution in [0.15, 0.2) is 60.7 Å². The number of carbonyl (C=O) groups is 2. The van der Waals surface area contributed by atoms with Gasteiger partial charge < -0.3 is 4.74 Å². The molecule has 3 aromatic carbocycles. The van der Waals surface area contributed by atoms with Crippen LogP contribution in [0.2, 0.25) is 0 Å². The number of ether oxygens (including phenoxy) is 1. The van der Waals surface area contributed by atoms with Crippen LogP contribution in [0.5, 0.6) is 5.75 Å².